The van der Waals surface area contributed by atoms with E-state index in [-0.39, 0.29) is 18.2 Å². The van der Waals surface area contributed by atoms with Gasteiger partial charge < -0.3 is 10.1 Å². The third kappa shape index (κ3) is 4.38. The Bertz CT molecular complexity index is 1100. The lowest BCUT2D eigenvalue weighted by molar-refractivity contribution is -0.121. The fourth-order valence-electron chi connectivity index (χ4n) is 3.11. The number of hydrogen-bond donors (Lipinski definition) is 1. The molecular weight excluding hydrogens is 447 g/mol. The zero-order valence-corrected chi connectivity index (χ0v) is 17.7. The minimum absolute atomic E-state index is 0.0438. The van der Waals surface area contributed by atoms with Crippen LogP contribution in [-0.4, -0.2) is 17.9 Å². The second-order valence-electron chi connectivity index (χ2n) is 6.65. The van der Waals surface area contributed by atoms with Gasteiger partial charge in [0.2, 0.25) is 5.91 Å². The van der Waals surface area contributed by atoms with Gasteiger partial charge in [-0.3, -0.25) is 9.59 Å². The number of nitrogens with zero attached hydrogens (tertiary/aromatic N) is 1. The summed E-state index contributed by atoms with van der Waals surface area (Å²) in [5, 5.41) is 4.58. The van der Waals surface area contributed by atoms with Gasteiger partial charge in [0.1, 0.15) is 17.5 Å². The number of ether oxygens (including phenoxy) is 1. The maximum Gasteiger partial charge on any atom is 0.256 e. The van der Waals surface area contributed by atoms with Crippen LogP contribution in [0.1, 0.15) is 6.42 Å². The molecule has 0 bridgehead atoms. The van der Waals surface area contributed by atoms with Crippen molar-refractivity contribution in [1.29, 1.82) is 0 Å². The Morgan fingerprint density at radius 3 is 2.13 bits per heavy atom. The molecule has 1 fully saturated rings. The average Bonchev–Trinajstić information content (AvgIpc) is 2.99. The van der Waals surface area contributed by atoms with Gasteiger partial charge in [0, 0.05) is 15.7 Å². The lowest BCUT2D eigenvalue weighted by atomic mass is 10.2. The average molecular weight is 462 g/mol. The molecule has 1 N–H and O–H groups in total. The molecule has 152 valence electrons. The Balaban J connectivity index is 1.47. The fourth-order valence-corrected chi connectivity index (χ4v) is 3.58. The highest BCUT2D eigenvalue weighted by molar-refractivity contribution is 6.32. The molecule has 8 heteroatoms. The number of halogens is 3. The summed E-state index contributed by atoms with van der Waals surface area (Å²) in [7, 11) is 0. The zero-order valence-electron chi connectivity index (χ0n) is 15.4. The van der Waals surface area contributed by atoms with Crippen LogP contribution in [0.25, 0.3) is 0 Å². The normalized spacial score (nSPS) is 16.1. The summed E-state index contributed by atoms with van der Waals surface area (Å²) in [6.45, 7) is 0. The van der Waals surface area contributed by atoms with Crippen LogP contribution in [0.15, 0.2) is 66.7 Å². The highest BCUT2D eigenvalue weighted by atomic mass is 35.5. The van der Waals surface area contributed by atoms with E-state index in [4.69, 9.17) is 39.5 Å². The van der Waals surface area contributed by atoms with Crippen LogP contribution in [0.2, 0.25) is 15.1 Å². The zero-order chi connectivity index (χ0) is 21.3. The van der Waals surface area contributed by atoms with Gasteiger partial charge in [0.05, 0.1) is 17.1 Å². The molecule has 1 atom stereocenters. The van der Waals surface area contributed by atoms with Gasteiger partial charge in [-0.2, -0.15) is 0 Å². The van der Waals surface area contributed by atoms with E-state index in [0.717, 1.165) is 4.90 Å². The maximum atomic E-state index is 12.8. The third-order valence-electron chi connectivity index (χ3n) is 4.55. The van der Waals surface area contributed by atoms with Crippen LogP contribution in [0.5, 0.6) is 11.5 Å². The molecule has 1 unspecified atom stereocenters. The van der Waals surface area contributed by atoms with Crippen LogP contribution in [0.3, 0.4) is 0 Å². The molecule has 0 aliphatic carbocycles. The second kappa shape index (κ2) is 8.56. The first-order valence-corrected chi connectivity index (χ1v) is 10.2. The van der Waals surface area contributed by atoms with Crippen molar-refractivity contribution in [2.45, 2.75) is 12.5 Å². The van der Waals surface area contributed by atoms with Crippen LogP contribution in [0, 0.1) is 0 Å². The summed E-state index contributed by atoms with van der Waals surface area (Å²) in [6, 6.07) is 17.8. The molecule has 0 radical (unpaired) electrons. The molecule has 1 aliphatic rings. The number of anilines is 2. The van der Waals surface area contributed by atoms with Gasteiger partial charge in [0.25, 0.3) is 5.91 Å². The van der Waals surface area contributed by atoms with E-state index in [0.29, 0.717) is 37.9 Å². The first kappa shape index (κ1) is 20.5. The summed E-state index contributed by atoms with van der Waals surface area (Å²) in [6.07, 6.45) is 0.0438. The topological polar surface area (TPSA) is 58.6 Å². The summed E-state index contributed by atoms with van der Waals surface area (Å²) in [5.41, 5.74) is 1.09. The molecule has 1 saturated heterocycles. The molecule has 0 spiro atoms. The number of rotatable bonds is 5. The highest BCUT2D eigenvalue weighted by Crippen LogP contribution is 2.33. The SMILES string of the molecule is O=C1CC(Nc2ccc(Oc3ccc(Cl)cc3)c(Cl)c2)C(=O)N1c1ccc(Cl)cc1. The van der Waals surface area contributed by atoms with E-state index in [1.807, 2.05) is 0 Å². The van der Waals surface area contributed by atoms with Gasteiger partial charge in [-0.1, -0.05) is 34.8 Å². The number of nitrogens with one attached hydrogen (secondary N) is 1. The van der Waals surface area contributed by atoms with Crippen molar-refractivity contribution >= 4 is 58.0 Å². The van der Waals surface area contributed by atoms with Gasteiger partial charge in [-0.25, -0.2) is 4.90 Å². The van der Waals surface area contributed by atoms with Gasteiger partial charge in [0.15, 0.2) is 0 Å². The molecule has 3 aromatic carbocycles. The smallest absolute Gasteiger partial charge is 0.256 e. The van der Waals surface area contributed by atoms with Crippen molar-refractivity contribution < 1.29 is 14.3 Å². The van der Waals surface area contributed by atoms with E-state index in [9.17, 15) is 9.59 Å². The van der Waals surface area contributed by atoms with E-state index >= 15 is 0 Å². The first-order valence-electron chi connectivity index (χ1n) is 9.02. The standard InChI is InChI=1S/C22H15Cl3N2O3/c23-13-1-6-16(7-2-13)27-21(28)12-19(22(27)29)26-15-5-10-20(18(25)11-15)30-17-8-3-14(24)4-9-17/h1-11,19,26H,12H2. The monoisotopic (exact) mass is 460 g/mol. The van der Waals surface area contributed by atoms with Gasteiger partial charge in [-0.05, 0) is 66.7 Å². The van der Waals surface area contributed by atoms with Crippen molar-refractivity contribution in [3.63, 3.8) is 0 Å². The molecule has 5 nitrogen and oxygen atoms in total. The molecule has 1 aliphatic heterocycles. The minimum Gasteiger partial charge on any atom is -0.456 e. The summed E-state index contributed by atoms with van der Waals surface area (Å²) < 4.78 is 5.75. The van der Waals surface area contributed by atoms with Crippen molar-refractivity contribution in [1.82, 2.24) is 0 Å². The number of hydrogen-bond acceptors (Lipinski definition) is 4. The van der Waals surface area contributed by atoms with E-state index < -0.39 is 6.04 Å². The predicted octanol–water partition coefficient (Wildman–Crippen LogP) is 6.18. The molecule has 0 aromatic heterocycles. The number of amides is 2. The van der Waals surface area contributed by atoms with E-state index in [1.165, 1.54) is 0 Å². The molecule has 1 heterocycles. The Hall–Kier alpha value is -2.73. The summed E-state index contributed by atoms with van der Waals surface area (Å²) in [5.74, 6) is 0.437. The number of imide groups is 1. The van der Waals surface area contributed by atoms with E-state index in [1.54, 1.807) is 66.7 Å². The molecule has 4 rings (SSSR count). The Morgan fingerprint density at radius 1 is 0.867 bits per heavy atom. The van der Waals surface area contributed by atoms with Crippen LogP contribution < -0.4 is 15.0 Å². The van der Waals surface area contributed by atoms with E-state index in [2.05, 4.69) is 5.32 Å². The van der Waals surface area contributed by atoms with Crippen molar-refractivity contribution in [2.24, 2.45) is 0 Å². The number of benzene rings is 3. The van der Waals surface area contributed by atoms with Crippen molar-refractivity contribution in [3.8, 4) is 11.5 Å². The quantitative estimate of drug-likeness (QED) is 0.461. The fraction of sp³-hybridized carbons (Fsp3) is 0.0909. The first-order chi connectivity index (χ1) is 14.4. The molecule has 3 aromatic rings. The maximum absolute atomic E-state index is 12.8. The van der Waals surface area contributed by atoms with Gasteiger partial charge in [-0.15, -0.1) is 0 Å². The Morgan fingerprint density at radius 2 is 1.50 bits per heavy atom. The van der Waals surface area contributed by atoms with Crippen LogP contribution in [-0.2, 0) is 9.59 Å². The largest absolute Gasteiger partial charge is 0.456 e. The lowest BCUT2D eigenvalue weighted by Crippen LogP contribution is -2.34. The van der Waals surface area contributed by atoms with Crippen LogP contribution >= 0.6 is 34.8 Å². The Kier molecular flexibility index (Phi) is 5.86. The Labute approximate surface area is 188 Å². The minimum atomic E-state index is -0.688. The molecule has 0 saturated carbocycles. The lowest BCUT2D eigenvalue weighted by Gasteiger charge is -2.17. The van der Waals surface area contributed by atoms with Crippen molar-refractivity contribution in [3.05, 3.63) is 81.8 Å². The predicted molar refractivity (Wildman–Crippen MR) is 119 cm³/mol. The number of carbonyl (C=O) groups is 2. The third-order valence-corrected chi connectivity index (χ3v) is 5.34. The summed E-state index contributed by atoms with van der Waals surface area (Å²) >= 11 is 18.1. The van der Waals surface area contributed by atoms with Gasteiger partial charge >= 0.3 is 0 Å². The number of carbonyl (C=O) groups excluding carboxylic acids is 2. The summed E-state index contributed by atoms with van der Waals surface area (Å²) in [4.78, 5) is 26.3. The van der Waals surface area contributed by atoms with Crippen LogP contribution in [0.4, 0.5) is 11.4 Å². The van der Waals surface area contributed by atoms with Crippen molar-refractivity contribution in [2.75, 3.05) is 10.2 Å². The highest BCUT2D eigenvalue weighted by Gasteiger charge is 2.39. The molecule has 2 amide bonds. The second-order valence-corrected chi connectivity index (χ2v) is 7.93. The molecular formula is C22H15Cl3N2O3. The molecule has 30 heavy (non-hydrogen) atoms.